The van der Waals surface area contributed by atoms with Crippen molar-refractivity contribution in [2.75, 3.05) is 12.0 Å². The van der Waals surface area contributed by atoms with E-state index in [2.05, 4.69) is 25.5 Å². The zero-order chi connectivity index (χ0) is 24.0. The van der Waals surface area contributed by atoms with Crippen LogP contribution in [0.2, 0.25) is 10.0 Å². The number of halogens is 2. The molecular weight excluding hydrogens is 461 g/mol. The minimum Gasteiger partial charge on any atom is -0.450 e. The number of hydrazone groups is 1. The van der Waals surface area contributed by atoms with Gasteiger partial charge in [0.15, 0.2) is 5.75 Å². The van der Waals surface area contributed by atoms with Gasteiger partial charge in [-0.15, -0.1) is 5.10 Å². The molecule has 32 heavy (non-hydrogen) atoms. The number of nitrogens with one attached hydrogen (secondary N) is 3. The average molecular weight is 484 g/mol. The summed E-state index contributed by atoms with van der Waals surface area (Å²) in [5, 5.41) is 12.6. The van der Waals surface area contributed by atoms with Gasteiger partial charge in [0.25, 0.3) is 11.5 Å². The first kappa shape index (κ1) is 25.2. The van der Waals surface area contributed by atoms with Gasteiger partial charge in [-0.05, 0) is 38.3 Å². The molecule has 172 valence electrons. The Hall–Kier alpha value is -3.11. The minimum atomic E-state index is -0.868. The van der Waals surface area contributed by atoms with Crippen molar-refractivity contribution in [3.05, 3.63) is 43.7 Å². The Morgan fingerprint density at radius 1 is 1.28 bits per heavy atom. The molecular formula is C20H23Cl2N5O5. The highest BCUT2D eigenvalue weighted by Gasteiger charge is 2.18. The SMILES string of the molecule is CCOC(=O)NC(=O)/C(C)=N\Nc1cc(Cl)c(Oc2cc(C(C)C)c(=O)[nH]n2)c(Cl)c1C. The summed E-state index contributed by atoms with van der Waals surface area (Å²) in [5.41, 5.74) is 3.80. The summed E-state index contributed by atoms with van der Waals surface area (Å²) in [5.74, 6) is -0.491. The molecule has 0 aliphatic heterocycles. The van der Waals surface area contributed by atoms with Crippen molar-refractivity contribution in [3.8, 4) is 11.6 Å². The van der Waals surface area contributed by atoms with Crippen LogP contribution in [0.25, 0.3) is 0 Å². The Kier molecular flexibility index (Phi) is 8.62. The smallest absolute Gasteiger partial charge is 0.414 e. The first-order chi connectivity index (χ1) is 15.0. The van der Waals surface area contributed by atoms with E-state index in [0.29, 0.717) is 16.8 Å². The summed E-state index contributed by atoms with van der Waals surface area (Å²) in [6.45, 7) is 8.59. The number of carbonyl (C=O) groups excluding carboxylic acids is 2. The van der Waals surface area contributed by atoms with Gasteiger partial charge in [0.1, 0.15) is 5.71 Å². The van der Waals surface area contributed by atoms with Crippen molar-refractivity contribution in [2.45, 2.75) is 40.5 Å². The Labute approximate surface area is 194 Å². The Balaban J connectivity index is 2.24. The molecule has 12 heteroatoms. The molecule has 2 amide bonds. The van der Waals surface area contributed by atoms with Crippen LogP contribution in [0.15, 0.2) is 22.0 Å². The molecule has 0 unspecified atom stereocenters. The first-order valence-electron chi connectivity index (χ1n) is 9.59. The fourth-order valence-corrected chi connectivity index (χ4v) is 2.97. The molecule has 10 nitrogen and oxygen atoms in total. The normalized spacial score (nSPS) is 11.3. The minimum absolute atomic E-state index is 0.0244. The summed E-state index contributed by atoms with van der Waals surface area (Å²) in [7, 11) is 0. The van der Waals surface area contributed by atoms with Gasteiger partial charge in [-0.2, -0.15) is 5.10 Å². The molecule has 1 aromatic heterocycles. The third kappa shape index (κ3) is 6.21. The monoisotopic (exact) mass is 483 g/mol. The van der Waals surface area contributed by atoms with Crippen molar-refractivity contribution in [3.63, 3.8) is 0 Å². The third-order valence-electron chi connectivity index (χ3n) is 4.22. The number of benzene rings is 1. The van der Waals surface area contributed by atoms with Gasteiger partial charge in [-0.25, -0.2) is 9.89 Å². The summed E-state index contributed by atoms with van der Waals surface area (Å²) in [6, 6.07) is 3.03. The van der Waals surface area contributed by atoms with Gasteiger partial charge in [-0.3, -0.25) is 20.3 Å². The van der Waals surface area contributed by atoms with E-state index in [1.54, 1.807) is 13.8 Å². The highest BCUT2D eigenvalue weighted by molar-refractivity contribution is 6.40. The maximum absolute atomic E-state index is 11.9. The van der Waals surface area contributed by atoms with Crippen LogP contribution in [-0.2, 0) is 9.53 Å². The molecule has 0 spiro atoms. The Bertz CT molecular complexity index is 1110. The Morgan fingerprint density at radius 3 is 2.59 bits per heavy atom. The highest BCUT2D eigenvalue weighted by atomic mass is 35.5. The molecule has 3 N–H and O–H groups in total. The van der Waals surface area contributed by atoms with E-state index in [4.69, 9.17) is 27.9 Å². The largest absolute Gasteiger partial charge is 0.450 e. The molecule has 0 atom stereocenters. The lowest BCUT2D eigenvalue weighted by atomic mass is 10.1. The molecule has 1 heterocycles. The van der Waals surface area contributed by atoms with Crippen molar-refractivity contribution in [2.24, 2.45) is 5.10 Å². The number of H-pyrrole nitrogens is 1. The summed E-state index contributed by atoms with van der Waals surface area (Å²) < 4.78 is 10.4. The van der Waals surface area contributed by atoms with E-state index in [9.17, 15) is 14.4 Å². The van der Waals surface area contributed by atoms with Crippen LogP contribution < -0.4 is 21.0 Å². The standard InChI is InChI=1S/C20H23Cl2N5O5/c1-6-31-20(30)23-18(28)11(5)24-25-14-8-13(21)17(16(22)10(14)4)32-15-7-12(9(2)3)19(29)27-26-15/h7-9,25H,6H2,1-5H3,(H,27,29)(H,23,28,30)/b24-11-. The molecule has 0 fully saturated rings. The number of ether oxygens (including phenoxy) is 2. The second-order valence-electron chi connectivity index (χ2n) is 6.91. The van der Waals surface area contributed by atoms with E-state index >= 15 is 0 Å². The van der Waals surface area contributed by atoms with E-state index in [0.717, 1.165) is 0 Å². The predicted molar refractivity (Wildman–Crippen MR) is 122 cm³/mol. The molecule has 0 saturated heterocycles. The number of alkyl carbamates (subject to hydrolysis) is 1. The van der Waals surface area contributed by atoms with Gasteiger partial charge in [0, 0.05) is 11.6 Å². The van der Waals surface area contributed by atoms with Gasteiger partial charge < -0.3 is 9.47 Å². The third-order valence-corrected chi connectivity index (χ3v) is 4.96. The zero-order valence-electron chi connectivity index (χ0n) is 18.1. The number of carbonyl (C=O) groups is 2. The molecule has 1 aromatic carbocycles. The van der Waals surface area contributed by atoms with Gasteiger partial charge >= 0.3 is 6.09 Å². The molecule has 0 aliphatic carbocycles. The fourth-order valence-electron chi connectivity index (χ4n) is 2.44. The van der Waals surface area contributed by atoms with Crippen LogP contribution in [0.1, 0.15) is 44.7 Å². The number of aromatic nitrogens is 2. The summed E-state index contributed by atoms with van der Waals surface area (Å²) in [4.78, 5) is 35.1. The van der Waals surface area contributed by atoms with Gasteiger partial charge in [0.05, 0.1) is 22.3 Å². The lowest BCUT2D eigenvalue weighted by Crippen LogP contribution is -2.35. The number of amides is 2. The van der Waals surface area contributed by atoms with Crippen LogP contribution in [0.4, 0.5) is 10.5 Å². The number of anilines is 1. The van der Waals surface area contributed by atoms with Gasteiger partial charge in [0.2, 0.25) is 5.88 Å². The molecule has 0 aliphatic rings. The van der Waals surface area contributed by atoms with E-state index in [-0.39, 0.29) is 45.5 Å². The van der Waals surface area contributed by atoms with Crippen LogP contribution in [0, 0.1) is 6.92 Å². The van der Waals surface area contributed by atoms with Gasteiger partial charge in [-0.1, -0.05) is 37.0 Å². The fraction of sp³-hybridized carbons (Fsp3) is 0.350. The molecule has 0 saturated carbocycles. The number of imide groups is 1. The maximum Gasteiger partial charge on any atom is 0.414 e. The summed E-state index contributed by atoms with van der Waals surface area (Å²) in [6.07, 6.45) is -0.868. The first-order valence-corrected chi connectivity index (χ1v) is 10.3. The van der Waals surface area contributed by atoms with E-state index in [1.165, 1.54) is 19.1 Å². The van der Waals surface area contributed by atoms with Crippen LogP contribution in [0.3, 0.4) is 0 Å². The quantitative estimate of drug-likeness (QED) is 0.393. The second kappa shape index (κ2) is 11.0. The number of rotatable bonds is 7. The second-order valence-corrected chi connectivity index (χ2v) is 7.69. The van der Waals surface area contributed by atoms with Crippen LogP contribution >= 0.6 is 23.2 Å². The van der Waals surface area contributed by atoms with Crippen molar-refractivity contribution in [1.82, 2.24) is 15.5 Å². The lowest BCUT2D eigenvalue weighted by Gasteiger charge is -2.15. The average Bonchev–Trinajstić information content (AvgIpc) is 2.73. The van der Waals surface area contributed by atoms with Crippen molar-refractivity contribution in [1.29, 1.82) is 0 Å². The number of hydrogen-bond donors (Lipinski definition) is 3. The number of nitrogens with zero attached hydrogens (tertiary/aromatic N) is 2. The van der Waals surface area contributed by atoms with Crippen LogP contribution in [-0.4, -0.2) is 34.5 Å². The Morgan fingerprint density at radius 2 is 1.97 bits per heavy atom. The van der Waals surface area contributed by atoms with Crippen LogP contribution in [0.5, 0.6) is 11.6 Å². The molecule has 0 radical (unpaired) electrons. The van der Waals surface area contributed by atoms with E-state index < -0.39 is 12.0 Å². The predicted octanol–water partition coefficient (Wildman–Crippen LogP) is 4.36. The zero-order valence-corrected chi connectivity index (χ0v) is 19.6. The van der Waals surface area contributed by atoms with E-state index in [1.807, 2.05) is 19.2 Å². The molecule has 2 aromatic rings. The molecule has 0 bridgehead atoms. The number of hydrogen-bond acceptors (Lipinski definition) is 8. The lowest BCUT2D eigenvalue weighted by molar-refractivity contribution is -0.114. The summed E-state index contributed by atoms with van der Waals surface area (Å²) >= 11 is 12.8. The highest BCUT2D eigenvalue weighted by Crippen LogP contribution is 2.41. The van der Waals surface area contributed by atoms with Crippen molar-refractivity contribution >= 4 is 46.6 Å². The topological polar surface area (TPSA) is 135 Å². The molecule has 2 rings (SSSR count). The maximum atomic E-state index is 11.9. The van der Waals surface area contributed by atoms with Crippen molar-refractivity contribution < 1.29 is 19.1 Å². The number of aromatic amines is 1.